The van der Waals surface area contributed by atoms with E-state index >= 15 is 0 Å². The summed E-state index contributed by atoms with van der Waals surface area (Å²) in [7, 11) is 0. The molecule has 0 aliphatic rings. The highest BCUT2D eigenvalue weighted by molar-refractivity contribution is 5.88. The van der Waals surface area contributed by atoms with Gasteiger partial charge in [-0.1, -0.05) is 42.5 Å². The first kappa shape index (κ1) is 18.6. The van der Waals surface area contributed by atoms with E-state index < -0.39 is 0 Å². The number of imidazole rings is 1. The molecule has 1 atom stereocenters. The number of urea groups is 1. The van der Waals surface area contributed by atoms with Gasteiger partial charge in [-0.15, -0.1) is 5.10 Å². The van der Waals surface area contributed by atoms with Crippen LogP contribution in [0.15, 0.2) is 48.9 Å². The summed E-state index contributed by atoms with van der Waals surface area (Å²) in [5.41, 5.74) is 1.06. The van der Waals surface area contributed by atoms with Crippen molar-refractivity contribution in [2.45, 2.75) is 45.8 Å². The third kappa shape index (κ3) is 5.16. The maximum Gasteiger partial charge on any atom is 0.320 e. The van der Waals surface area contributed by atoms with Crippen LogP contribution in [0.1, 0.15) is 37.2 Å². The number of carbonyl (C=O) groups is 1. The number of carbonyl (C=O) groups excluding carboxylic acids is 1. The zero-order chi connectivity index (χ0) is 19.1. The van der Waals surface area contributed by atoms with Crippen LogP contribution in [0.2, 0.25) is 0 Å². The highest BCUT2D eigenvalue weighted by Gasteiger charge is 2.16. The number of amides is 2. The SMILES string of the molecule is CCCn1cc(NC(=O)N[C@@H](CCn2ccnc2C)c2ccccc2)nn1. The first-order valence-electron chi connectivity index (χ1n) is 9.16. The zero-order valence-corrected chi connectivity index (χ0v) is 15.7. The second-order valence-corrected chi connectivity index (χ2v) is 6.39. The van der Waals surface area contributed by atoms with Crippen molar-refractivity contribution in [3.63, 3.8) is 0 Å². The third-order valence-electron chi connectivity index (χ3n) is 4.32. The lowest BCUT2D eigenvalue weighted by atomic mass is 10.0. The number of rotatable bonds is 8. The lowest BCUT2D eigenvalue weighted by Crippen LogP contribution is -2.33. The molecule has 2 heterocycles. The van der Waals surface area contributed by atoms with E-state index in [1.807, 2.05) is 43.5 Å². The lowest BCUT2D eigenvalue weighted by molar-refractivity contribution is 0.247. The molecule has 8 nitrogen and oxygen atoms in total. The summed E-state index contributed by atoms with van der Waals surface area (Å²) in [6, 6.07) is 9.52. The van der Waals surface area contributed by atoms with Gasteiger partial charge in [-0.05, 0) is 25.3 Å². The number of benzene rings is 1. The smallest absolute Gasteiger partial charge is 0.320 e. The maximum absolute atomic E-state index is 12.5. The van der Waals surface area contributed by atoms with Crippen molar-refractivity contribution >= 4 is 11.8 Å². The number of hydrogen-bond donors (Lipinski definition) is 2. The van der Waals surface area contributed by atoms with Gasteiger partial charge in [-0.2, -0.15) is 0 Å². The van der Waals surface area contributed by atoms with Gasteiger partial charge in [0.05, 0.1) is 12.2 Å². The van der Waals surface area contributed by atoms with E-state index in [2.05, 4.69) is 37.4 Å². The average Bonchev–Trinajstić information content (AvgIpc) is 3.28. The van der Waals surface area contributed by atoms with E-state index in [4.69, 9.17) is 0 Å². The van der Waals surface area contributed by atoms with Crippen molar-refractivity contribution in [2.24, 2.45) is 0 Å². The van der Waals surface area contributed by atoms with Crippen LogP contribution in [0.5, 0.6) is 0 Å². The average molecular weight is 367 g/mol. The minimum absolute atomic E-state index is 0.126. The van der Waals surface area contributed by atoms with Crippen LogP contribution in [0.3, 0.4) is 0 Å². The van der Waals surface area contributed by atoms with E-state index in [0.717, 1.165) is 37.3 Å². The highest BCUT2D eigenvalue weighted by Crippen LogP contribution is 2.18. The predicted molar refractivity (Wildman–Crippen MR) is 103 cm³/mol. The monoisotopic (exact) mass is 367 g/mol. The van der Waals surface area contributed by atoms with Gasteiger partial charge < -0.3 is 9.88 Å². The fourth-order valence-corrected chi connectivity index (χ4v) is 2.92. The fraction of sp³-hybridized carbons (Fsp3) is 0.368. The summed E-state index contributed by atoms with van der Waals surface area (Å²) in [4.78, 5) is 16.7. The van der Waals surface area contributed by atoms with Crippen LogP contribution in [-0.2, 0) is 13.1 Å². The first-order valence-corrected chi connectivity index (χ1v) is 9.16. The normalized spacial score (nSPS) is 11.9. The summed E-state index contributed by atoms with van der Waals surface area (Å²) < 4.78 is 3.79. The Kier molecular flexibility index (Phi) is 6.19. The van der Waals surface area contributed by atoms with Crippen LogP contribution in [-0.4, -0.2) is 30.6 Å². The molecule has 0 aliphatic carbocycles. The molecule has 3 aromatic rings. The standard InChI is InChI=1S/C19H25N7O/c1-3-11-26-14-18(23-24-26)22-19(27)21-17(16-7-5-4-6-8-16)9-12-25-13-10-20-15(25)2/h4-8,10,13-14,17H,3,9,11-12H2,1-2H3,(H2,21,22,27)/t17-/m0/s1. The topological polar surface area (TPSA) is 89.7 Å². The quantitative estimate of drug-likeness (QED) is 0.640. The Balaban J connectivity index is 1.64. The van der Waals surface area contributed by atoms with Crippen molar-refractivity contribution in [2.75, 3.05) is 5.32 Å². The molecular formula is C19H25N7O. The maximum atomic E-state index is 12.5. The Labute approximate surface area is 158 Å². The second-order valence-electron chi connectivity index (χ2n) is 6.39. The molecule has 27 heavy (non-hydrogen) atoms. The van der Waals surface area contributed by atoms with Crippen molar-refractivity contribution < 1.29 is 4.79 Å². The number of anilines is 1. The van der Waals surface area contributed by atoms with Gasteiger partial charge in [-0.3, -0.25) is 10.00 Å². The molecule has 0 unspecified atom stereocenters. The Morgan fingerprint density at radius 1 is 1.22 bits per heavy atom. The van der Waals surface area contributed by atoms with Crippen molar-refractivity contribution in [1.29, 1.82) is 0 Å². The molecule has 0 aliphatic heterocycles. The minimum atomic E-state index is -0.297. The van der Waals surface area contributed by atoms with Crippen LogP contribution >= 0.6 is 0 Å². The number of nitrogens with one attached hydrogen (secondary N) is 2. The molecule has 0 fully saturated rings. The minimum Gasteiger partial charge on any atom is -0.335 e. The van der Waals surface area contributed by atoms with Gasteiger partial charge in [0.15, 0.2) is 5.82 Å². The molecule has 2 amide bonds. The number of aromatic nitrogens is 5. The summed E-state index contributed by atoms with van der Waals surface area (Å²) in [5.74, 6) is 1.40. The largest absolute Gasteiger partial charge is 0.335 e. The first-order chi connectivity index (χ1) is 13.2. The Hall–Kier alpha value is -3.16. The Bertz CT molecular complexity index is 856. The van der Waals surface area contributed by atoms with E-state index in [-0.39, 0.29) is 12.1 Å². The van der Waals surface area contributed by atoms with E-state index in [9.17, 15) is 4.79 Å². The molecule has 2 aromatic heterocycles. The zero-order valence-electron chi connectivity index (χ0n) is 15.7. The van der Waals surface area contributed by atoms with Gasteiger partial charge in [0, 0.05) is 25.5 Å². The summed E-state index contributed by atoms with van der Waals surface area (Å²) in [6.45, 7) is 5.57. The van der Waals surface area contributed by atoms with Crippen molar-refractivity contribution in [1.82, 2.24) is 29.9 Å². The van der Waals surface area contributed by atoms with E-state index in [1.54, 1.807) is 17.1 Å². The summed E-state index contributed by atoms with van der Waals surface area (Å²) in [6.07, 6.45) is 7.17. The summed E-state index contributed by atoms with van der Waals surface area (Å²) >= 11 is 0. The predicted octanol–water partition coefficient (Wildman–Crippen LogP) is 3.15. The van der Waals surface area contributed by atoms with E-state index in [1.165, 1.54) is 0 Å². The molecule has 8 heteroatoms. The summed E-state index contributed by atoms with van der Waals surface area (Å²) in [5, 5.41) is 13.8. The third-order valence-corrected chi connectivity index (χ3v) is 4.32. The molecule has 0 bridgehead atoms. The number of aryl methyl sites for hydroxylation is 3. The molecular weight excluding hydrogens is 342 g/mol. The number of hydrogen-bond acceptors (Lipinski definition) is 4. The lowest BCUT2D eigenvalue weighted by Gasteiger charge is -2.20. The Morgan fingerprint density at radius 3 is 2.74 bits per heavy atom. The van der Waals surface area contributed by atoms with Crippen molar-refractivity contribution in [3.05, 3.63) is 60.3 Å². The molecule has 1 aromatic carbocycles. The molecule has 0 saturated carbocycles. The Morgan fingerprint density at radius 2 is 2.04 bits per heavy atom. The number of nitrogens with zero attached hydrogens (tertiary/aromatic N) is 5. The molecule has 2 N–H and O–H groups in total. The van der Waals surface area contributed by atoms with Crippen LogP contribution in [0.4, 0.5) is 10.6 Å². The van der Waals surface area contributed by atoms with Crippen LogP contribution < -0.4 is 10.6 Å². The van der Waals surface area contributed by atoms with Crippen molar-refractivity contribution in [3.8, 4) is 0 Å². The van der Waals surface area contributed by atoms with Gasteiger partial charge in [0.25, 0.3) is 0 Å². The van der Waals surface area contributed by atoms with E-state index in [0.29, 0.717) is 5.82 Å². The van der Waals surface area contributed by atoms with Gasteiger partial charge in [0.1, 0.15) is 5.82 Å². The molecule has 3 rings (SSSR count). The fourth-order valence-electron chi connectivity index (χ4n) is 2.92. The molecule has 142 valence electrons. The van der Waals surface area contributed by atoms with Crippen LogP contribution in [0, 0.1) is 6.92 Å². The van der Waals surface area contributed by atoms with Gasteiger partial charge in [-0.25, -0.2) is 9.78 Å². The molecule has 0 radical (unpaired) electrons. The molecule has 0 saturated heterocycles. The van der Waals surface area contributed by atoms with Gasteiger partial charge >= 0.3 is 6.03 Å². The highest BCUT2D eigenvalue weighted by atomic mass is 16.2. The van der Waals surface area contributed by atoms with Crippen LogP contribution in [0.25, 0.3) is 0 Å². The second kappa shape index (κ2) is 8.98. The molecule has 0 spiro atoms. The van der Waals surface area contributed by atoms with Gasteiger partial charge in [0.2, 0.25) is 0 Å².